The van der Waals surface area contributed by atoms with Crippen LogP contribution in [0.5, 0.6) is 0 Å². The van der Waals surface area contributed by atoms with Crippen LogP contribution in [0.2, 0.25) is 0 Å². The lowest BCUT2D eigenvalue weighted by atomic mass is 10.0. The molecule has 0 aliphatic heterocycles. The summed E-state index contributed by atoms with van der Waals surface area (Å²) in [6.45, 7) is 2.25. The zero-order valence-electron chi connectivity index (χ0n) is 11.5. The fraction of sp³-hybridized carbons (Fsp3) is 0.158. The van der Waals surface area contributed by atoms with Crippen molar-refractivity contribution in [3.8, 4) is 10.4 Å². The van der Waals surface area contributed by atoms with Crippen LogP contribution in [0.1, 0.15) is 24.5 Å². The minimum Gasteiger partial charge on any atom is -0.135 e. The average molecular weight is 276 g/mol. The van der Waals surface area contributed by atoms with Gasteiger partial charge in [0.1, 0.15) is 0 Å². The van der Waals surface area contributed by atoms with Crippen molar-refractivity contribution in [2.45, 2.75) is 19.8 Å². The molecule has 0 amide bonds. The highest BCUT2D eigenvalue weighted by molar-refractivity contribution is 7.22. The first-order valence-electron chi connectivity index (χ1n) is 7.15. The molecule has 1 aromatic heterocycles. The molecule has 20 heavy (non-hydrogen) atoms. The molecule has 0 fully saturated rings. The van der Waals surface area contributed by atoms with Crippen molar-refractivity contribution in [1.29, 1.82) is 0 Å². The number of hydrogen-bond acceptors (Lipinski definition) is 1. The Labute approximate surface area is 123 Å². The van der Waals surface area contributed by atoms with Crippen molar-refractivity contribution in [2.75, 3.05) is 0 Å². The normalized spacial score (nSPS) is 13.6. The van der Waals surface area contributed by atoms with Gasteiger partial charge in [-0.05, 0) is 47.1 Å². The first-order valence-corrected chi connectivity index (χ1v) is 7.97. The molecular formula is C19H16S. The molecule has 3 aromatic rings. The van der Waals surface area contributed by atoms with Crippen molar-refractivity contribution in [1.82, 2.24) is 0 Å². The van der Waals surface area contributed by atoms with Crippen molar-refractivity contribution < 1.29 is 0 Å². The first kappa shape index (κ1) is 11.9. The largest absolute Gasteiger partial charge is 0.135 e. The third-order valence-corrected chi connectivity index (χ3v) is 5.26. The van der Waals surface area contributed by atoms with Crippen LogP contribution in [0, 0.1) is 0 Å². The molecule has 0 spiro atoms. The van der Waals surface area contributed by atoms with Crippen LogP contribution in [-0.2, 0) is 6.42 Å². The zero-order valence-corrected chi connectivity index (χ0v) is 12.3. The van der Waals surface area contributed by atoms with Crippen molar-refractivity contribution >= 4 is 27.5 Å². The number of allylic oxidation sites excluding steroid dienone is 1. The highest BCUT2D eigenvalue weighted by Gasteiger charge is 2.16. The summed E-state index contributed by atoms with van der Waals surface area (Å²) in [7, 11) is 0. The molecule has 0 nitrogen and oxygen atoms in total. The maximum Gasteiger partial charge on any atom is 0.0361 e. The van der Waals surface area contributed by atoms with E-state index in [1.54, 1.807) is 5.57 Å². The third kappa shape index (κ3) is 1.82. The molecule has 0 saturated heterocycles. The Kier molecular flexibility index (Phi) is 2.75. The number of hydrogen-bond donors (Lipinski definition) is 0. The van der Waals surface area contributed by atoms with Crippen LogP contribution in [0.4, 0.5) is 0 Å². The third-order valence-electron chi connectivity index (χ3n) is 4.11. The molecule has 2 aromatic carbocycles. The molecule has 0 unspecified atom stereocenters. The molecular weight excluding hydrogens is 260 g/mol. The first-order chi connectivity index (χ1) is 9.85. The second kappa shape index (κ2) is 4.60. The molecule has 1 heteroatoms. The second-order valence-corrected chi connectivity index (χ2v) is 6.44. The summed E-state index contributed by atoms with van der Waals surface area (Å²) in [5.74, 6) is 0. The van der Waals surface area contributed by atoms with E-state index in [1.807, 2.05) is 11.3 Å². The summed E-state index contributed by atoms with van der Waals surface area (Å²) in [6, 6.07) is 17.7. The van der Waals surface area contributed by atoms with E-state index in [1.165, 1.54) is 31.7 Å². The van der Waals surface area contributed by atoms with Crippen LogP contribution >= 0.6 is 11.3 Å². The minimum absolute atomic E-state index is 1.13. The maximum atomic E-state index is 2.40. The second-order valence-electron chi connectivity index (χ2n) is 5.36. The van der Waals surface area contributed by atoms with E-state index >= 15 is 0 Å². The number of rotatable bonds is 2. The molecule has 1 aliphatic rings. The van der Waals surface area contributed by atoms with Gasteiger partial charge in [-0.15, -0.1) is 11.3 Å². The Hall–Kier alpha value is -1.86. The molecule has 4 rings (SSSR count). The van der Waals surface area contributed by atoms with Crippen LogP contribution in [-0.4, -0.2) is 0 Å². The summed E-state index contributed by atoms with van der Waals surface area (Å²) in [5.41, 5.74) is 5.87. The van der Waals surface area contributed by atoms with Gasteiger partial charge in [-0.25, -0.2) is 0 Å². The summed E-state index contributed by atoms with van der Waals surface area (Å²) in [6.07, 6.45) is 4.68. The Morgan fingerprint density at radius 3 is 2.80 bits per heavy atom. The van der Waals surface area contributed by atoms with Gasteiger partial charge in [0.2, 0.25) is 0 Å². The lowest BCUT2D eigenvalue weighted by Crippen LogP contribution is -1.85. The Bertz CT molecular complexity index is 788. The molecule has 0 bridgehead atoms. The number of thiophene rings is 1. The monoisotopic (exact) mass is 276 g/mol. The highest BCUT2D eigenvalue weighted by atomic mass is 32.1. The van der Waals surface area contributed by atoms with Crippen molar-refractivity contribution in [3.05, 3.63) is 65.2 Å². The zero-order chi connectivity index (χ0) is 13.5. The Morgan fingerprint density at radius 2 is 1.95 bits per heavy atom. The van der Waals surface area contributed by atoms with Gasteiger partial charge in [0.05, 0.1) is 0 Å². The van der Waals surface area contributed by atoms with Crippen LogP contribution < -0.4 is 0 Å². The standard InChI is InChI=1S/C19H16S/c1-2-13-10-14-7-5-8-16(17(14)11-13)19-12-15-6-3-4-9-18(15)20-19/h3-9,11-12H,2,10H2,1H3. The number of fused-ring (bicyclic) bond motifs is 2. The lowest BCUT2D eigenvalue weighted by Gasteiger charge is -2.04. The van der Waals surface area contributed by atoms with Gasteiger partial charge in [-0.1, -0.05) is 55.0 Å². The van der Waals surface area contributed by atoms with Gasteiger partial charge in [0.25, 0.3) is 0 Å². The number of benzene rings is 2. The van der Waals surface area contributed by atoms with Crippen LogP contribution in [0.15, 0.2) is 54.1 Å². The quantitative estimate of drug-likeness (QED) is 0.545. The molecule has 0 N–H and O–H groups in total. The summed E-state index contributed by atoms with van der Waals surface area (Å²) in [4.78, 5) is 1.39. The lowest BCUT2D eigenvalue weighted by molar-refractivity contribution is 1.04. The summed E-state index contributed by atoms with van der Waals surface area (Å²) >= 11 is 1.90. The molecule has 1 aliphatic carbocycles. The molecule has 98 valence electrons. The topological polar surface area (TPSA) is 0 Å². The van der Waals surface area contributed by atoms with Crippen molar-refractivity contribution in [3.63, 3.8) is 0 Å². The molecule has 0 saturated carbocycles. The summed E-state index contributed by atoms with van der Waals surface area (Å²) < 4.78 is 1.37. The van der Waals surface area contributed by atoms with Crippen LogP contribution in [0.25, 0.3) is 26.6 Å². The van der Waals surface area contributed by atoms with Crippen LogP contribution in [0.3, 0.4) is 0 Å². The maximum absolute atomic E-state index is 2.40. The SMILES string of the molecule is CCC1=Cc2c(cccc2-c2cc3ccccc3s2)C1. The highest BCUT2D eigenvalue weighted by Crippen LogP contribution is 2.39. The van der Waals surface area contributed by atoms with Gasteiger partial charge in [0, 0.05) is 9.58 Å². The van der Waals surface area contributed by atoms with Gasteiger partial charge < -0.3 is 0 Å². The predicted molar refractivity (Wildman–Crippen MR) is 89.2 cm³/mol. The van der Waals surface area contributed by atoms with Crippen molar-refractivity contribution in [2.24, 2.45) is 0 Å². The van der Waals surface area contributed by atoms with E-state index in [9.17, 15) is 0 Å². The Morgan fingerprint density at radius 1 is 1.05 bits per heavy atom. The van der Waals surface area contributed by atoms with E-state index in [4.69, 9.17) is 0 Å². The fourth-order valence-corrected chi connectivity index (χ4v) is 4.10. The fourth-order valence-electron chi connectivity index (χ4n) is 2.99. The average Bonchev–Trinajstić information content (AvgIpc) is 3.09. The van der Waals surface area contributed by atoms with Gasteiger partial charge in [-0.2, -0.15) is 0 Å². The molecule has 0 radical (unpaired) electrons. The van der Waals surface area contributed by atoms with Gasteiger partial charge in [-0.3, -0.25) is 0 Å². The van der Waals surface area contributed by atoms with Gasteiger partial charge in [0.15, 0.2) is 0 Å². The van der Waals surface area contributed by atoms with E-state index in [2.05, 4.69) is 61.5 Å². The van der Waals surface area contributed by atoms with E-state index < -0.39 is 0 Å². The van der Waals surface area contributed by atoms with E-state index in [0.29, 0.717) is 0 Å². The minimum atomic E-state index is 1.13. The van der Waals surface area contributed by atoms with Gasteiger partial charge >= 0.3 is 0 Å². The Balaban J connectivity index is 1.91. The molecule has 1 heterocycles. The van der Waals surface area contributed by atoms with E-state index in [-0.39, 0.29) is 0 Å². The molecule has 0 atom stereocenters. The van der Waals surface area contributed by atoms with E-state index in [0.717, 1.165) is 12.8 Å². The summed E-state index contributed by atoms with van der Waals surface area (Å²) in [5, 5.41) is 1.35. The predicted octanol–water partition coefficient (Wildman–Crippen LogP) is 5.92. The smallest absolute Gasteiger partial charge is 0.0361 e.